The zero-order chi connectivity index (χ0) is 11.7. The van der Waals surface area contributed by atoms with Gasteiger partial charge in [-0.25, -0.2) is 0 Å². The van der Waals surface area contributed by atoms with E-state index >= 15 is 0 Å². The Morgan fingerprint density at radius 2 is 1.87 bits per heavy atom. The zero-order valence-electron chi connectivity index (χ0n) is 10.6. The van der Waals surface area contributed by atoms with Gasteiger partial charge in [0.15, 0.2) is 0 Å². The second-order valence-corrected chi connectivity index (χ2v) is 4.52. The molecule has 0 saturated carbocycles. The van der Waals surface area contributed by atoms with Crippen LogP contribution in [0.25, 0.3) is 0 Å². The van der Waals surface area contributed by atoms with Gasteiger partial charge in [-0.05, 0) is 25.4 Å². The Kier molecular flexibility index (Phi) is 8.38. The van der Waals surface area contributed by atoms with Crippen molar-refractivity contribution < 1.29 is 4.79 Å². The van der Waals surface area contributed by atoms with Crippen LogP contribution in [0.2, 0.25) is 0 Å². The Bertz CT molecular complexity index is 169. The van der Waals surface area contributed by atoms with Crippen LogP contribution >= 0.6 is 0 Å². The standard InChI is InChI=1S/C12H26N2O/c1-5-11(4)9-13-7-6-8-14-12(15)10(2)3/h10-11,13H,5-9H2,1-4H3,(H,14,15). The van der Waals surface area contributed by atoms with E-state index in [9.17, 15) is 4.79 Å². The summed E-state index contributed by atoms with van der Waals surface area (Å²) in [6, 6.07) is 0. The molecule has 1 unspecified atom stereocenters. The lowest BCUT2D eigenvalue weighted by molar-refractivity contribution is -0.123. The molecule has 0 rings (SSSR count). The number of rotatable bonds is 8. The van der Waals surface area contributed by atoms with E-state index in [1.807, 2.05) is 13.8 Å². The van der Waals surface area contributed by atoms with Gasteiger partial charge in [-0.1, -0.05) is 34.1 Å². The first-order valence-corrected chi connectivity index (χ1v) is 6.06. The molecule has 1 amide bonds. The van der Waals surface area contributed by atoms with Crippen LogP contribution in [0.15, 0.2) is 0 Å². The van der Waals surface area contributed by atoms with E-state index in [2.05, 4.69) is 24.5 Å². The molecule has 0 radical (unpaired) electrons. The predicted octanol–water partition coefficient (Wildman–Crippen LogP) is 1.78. The summed E-state index contributed by atoms with van der Waals surface area (Å²) >= 11 is 0. The molecular formula is C12H26N2O. The minimum absolute atomic E-state index is 0.0954. The van der Waals surface area contributed by atoms with Crippen molar-refractivity contribution in [1.29, 1.82) is 0 Å². The quantitative estimate of drug-likeness (QED) is 0.605. The largest absolute Gasteiger partial charge is 0.356 e. The van der Waals surface area contributed by atoms with Crippen LogP contribution in [0.1, 0.15) is 40.5 Å². The maximum atomic E-state index is 11.2. The number of hydrogen-bond donors (Lipinski definition) is 2. The summed E-state index contributed by atoms with van der Waals surface area (Å²) in [7, 11) is 0. The minimum Gasteiger partial charge on any atom is -0.356 e. The molecule has 2 N–H and O–H groups in total. The maximum absolute atomic E-state index is 11.2. The average molecular weight is 214 g/mol. The summed E-state index contributed by atoms with van der Waals surface area (Å²) in [5, 5.41) is 6.29. The molecule has 0 aromatic rings. The van der Waals surface area contributed by atoms with Gasteiger partial charge in [0.25, 0.3) is 0 Å². The lowest BCUT2D eigenvalue weighted by atomic mass is 10.1. The highest BCUT2D eigenvalue weighted by molar-refractivity contribution is 5.77. The van der Waals surface area contributed by atoms with Crippen LogP contribution in [0.5, 0.6) is 0 Å². The van der Waals surface area contributed by atoms with E-state index in [0.29, 0.717) is 0 Å². The first-order valence-electron chi connectivity index (χ1n) is 6.06. The molecule has 90 valence electrons. The fraction of sp³-hybridized carbons (Fsp3) is 0.917. The Labute approximate surface area is 94.0 Å². The van der Waals surface area contributed by atoms with Crippen molar-refractivity contribution in [2.24, 2.45) is 11.8 Å². The molecule has 0 aliphatic carbocycles. The van der Waals surface area contributed by atoms with Crippen molar-refractivity contribution >= 4 is 5.91 Å². The molecule has 0 aromatic heterocycles. The van der Waals surface area contributed by atoms with E-state index < -0.39 is 0 Å². The maximum Gasteiger partial charge on any atom is 0.222 e. The summed E-state index contributed by atoms with van der Waals surface area (Å²) in [6.45, 7) is 11.1. The number of nitrogens with one attached hydrogen (secondary N) is 2. The third kappa shape index (κ3) is 8.43. The van der Waals surface area contributed by atoms with Gasteiger partial charge in [-0.3, -0.25) is 4.79 Å². The molecular weight excluding hydrogens is 188 g/mol. The van der Waals surface area contributed by atoms with Crippen LogP contribution in [0.4, 0.5) is 0 Å². The van der Waals surface area contributed by atoms with Gasteiger partial charge in [0.05, 0.1) is 0 Å². The summed E-state index contributed by atoms with van der Waals surface area (Å²) in [5.74, 6) is 0.991. The van der Waals surface area contributed by atoms with E-state index in [4.69, 9.17) is 0 Å². The van der Waals surface area contributed by atoms with Crippen molar-refractivity contribution in [3.05, 3.63) is 0 Å². The van der Waals surface area contributed by atoms with Gasteiger partial charge >= 0.3 is 0 Å². The van der Waals surface area contributed by atoms with Crippen LogP contribution in [0.3, 0.4) is 0 Å². The van der Waals surface area contributed by atoms with Gasteiger partial charge in [0, 0.05) is 12.5 Å². The highest BCUT2D eigenvalue weighted by Crippen LogP contribution is 1.96. The average Bonchev–Trinajstić information content (AvgIpc) is 2.22. The summed E-state index contributed by atoms with van der Waals surface area (Å²) in [5.41, 5.74) is 0. The molecule has 0 fully saturated rings. The number of hydrogen-bond acceptors (Lipinski definition) is 2. The van der Waals surface area contributed by atoms with E-state index in [0.717, 1.165) is 32.0 Å². The van der Waals surface area contributed by atoms with Crippen LogP contribution < -0.4 is 10.6 Å². The number of carbonyl (C=O) groups is 1. The predicted molar refractivity (Wildman–Crippen MR) is 64.8 cm³/mol. The minimum atomic E-state index is 0.0954. The fourth-order valence-electron chi connectivity index (χ4n) is 1.12. The van der Waals surface area contributed by atoms with Gasteiger partial charge in [0.1, 0.15) is 0 Å². The van der Waals surface area contributed by atoms with Gasteiger partial charge < -0.3 is 10.6 Å². The molecule has 0 heterocycles. The van der Waals surface area contributed by atoms with Crippen LogP contribution in [-0.4, -0.2) is 25.5 Å². The lowest BCUT2D eigenvalue weighted by Crippen LogP contribution is -2.31. The third-order valence-electron chi connectivity index (χ3n) is 2.54. The monoisotopic (exact) mass is 214 g/mol. The van der Waals surface area contributed by atoms with Crippen molar-refractivity contribution in [1.82, 2.24) is 10.6 Å². The van der Waals surface area contributed by atoms with E-state index in [1.54, 1.807) is 0 Å². The summed E-state index contributed by atoms with van der Waals surface area (Å²) in [4.78, 5) is 11.2. The number of carbonyl (C=O) groups excluding carboxylic acids is 1. The molecule has 15 heavy (non-hydrogen) atoms. The van der Waals surface area contributed by atoms with Crippen molar-refractivity contribution in [2.75, 3.05) is 19.6 Å². The van der Waals surface area contributed by atoms with Crippen molar-refractivity contribution in [3.63, 3.8) is 0 Å². The molecule has 0 aliphatic rings. The highest BCUT2D eigenvalue weighted by Gasteiger charge is 2.04. The van der Waals surface area contributed by atoms with Crippen molar-refractivity contribution in [3.8, 4) is 0 Å². The zero-order valence-corrected chi connectivity index (χ0v) is 10.6. The molecule has 0 aliphatic heterocycles. The van der Waals surface area contributed by atoms with Crippen LogP contribution in [-0.2, 0) is 4.79 Å². The molecule has 0 bridgehead atoms. The SMILES string of the molecule is CCC(C)CNCCCNC(=O)C(C)C. The normalized spacial score (nSPS) is 12.9. The molecule has 0 saturated heterocycles. The Morgan fingerprint density at radius 1 is 1.20 bits per heavy atom. The van der Waals surface area contributed by atoms with E-state index in [-0.39, 0.29) is 11.8 Å². The van der Waals surface area contributed by atoms with Crippen molar-refractivity contribution in [2.45, 2.75) is 40.5 Å². The Hall–Kier alpha value is -0.570. The molecule has 0 spiro atoms. The molecule has 1 atom stereocenters. The Balaban J connectivity index is 3.22. The summed E-state index contributed by atoms with van der Waals surface area (Å²) < 4.78 is 0. The smallest absolute Gasteiger partial charge is 0.222 e. The second kappa shape index (κ2) is 8.72. The summed E-state index contributed by atoms with van der Waals surface area (Å²) in [6.07, 6.45) is 2.23. The van der Waals surface area contributed by atoms with E-state index in [1.165, 1.54) is 6.42 Å². The lowest BCUT2D eigenvalue weighted by Gasteiger charge is -2.10. The van der Waals surface area contributed by atoms with Gasteiger partial charge in [-0.15, -0.1) is 0 Å². The molecule has 3 nitrogen and oxygen atoms in total. The van der Waals surface area contributed by atoms with Crippen LogP contribution in [0, 0.1) is 11.8 Å². The third-order valence-corrected chi connectivity index (χ3v) is 2.54. The molecule has 3 heteroatoms. The highest BCUT2D eigenvalue weighted by atomic mass is 16.1. The second-order valence-electron chi connectivity index (χ2n) is 4.52. The Morgan fingerprint density at radius 3 is 2.40 bits per heavy atom. The first-order chi connectivity index (χ1) is 7.07. The topological polar surface area (TPSA) is 41.1 Å². The first kappa shape index (κ1) is 14.4. The fourth-order valence-corrected chi connectivity index (χ4v) is 1.12. The van der Waals surface area contributed by atoms with Gasteiger partial charge in [0.2, 0.25) is 5.91 Å². The van der Waals surface area contributed by atoms with Gasteiger partial charge in [-0.2, -0.15) is 0 Å². The number of amides is 1. The molecule has 0 aromatic carbocycles.